The van der Waals surface area contributed by atoms with Gasteiger partial charge in [0.1, 0.15) is 16.8 Å². The second kappa shape index (κ2) is 8.73. The molecule has 0 saturated heterocycles. The maximum Gasteiger partial charge on any atom is 0.427 e. The van der Waals surface area contributed by atoms with E-state index in [-0.39, 0.29) is 5.95 Å². The molecule has 9 nitrogen and oxygen atoms in total. The Morgan fingerprint density at radius 2 is 1.31 bits per heavy atom. The Balaban J connectivity index is 2.75. The fourth-order valence-electron chi connectivity index (χ4n) is 2.53. The molecule has 0 atom stereocenters. The van der Waals surface area contributed by atoms with Crippen molar-refractivity contribution in [3.8, 4) is 0 Å². The molecule has 2 aromatic rings. The van der Waals surface area contributed by atoms with E-state index in [9.17, 15) is 14.4 Å². The highest BCUT2D eigenvalue weighted by molar-refractivity contribution is 9.10. The molecule has 10 heteroatoms. The predicted molar refractivity (Wildman–Crippen MR) is 124 cm³/mol. The van der Waals surface area contributed by atoms with Crippen LogP contribution in [-0.2, 0) is 14.2 Å². The van der Waals surface area contributed by atoms with Crippen LogP contribution in [0.2, 0.25) is 0 Å². The second-order valence-corrected chi connectivity index (χ2v) is 11.1. The van der Waals surface area contributed by atoms with E-state index in [1.807, 2.05) is 0 Å². The van der Waals surface area contributed by atoms with E-state index in [1.165, 1.54) is 0 Å². The molecule has 1 aromatic heterocycles. The van der Waals surface area contributed by atoms with E-state index >= 15 is 0 Å². The van der Waals surface area contributed by atoms with Crippen molar-refractivity contribution in [3.63, 3.8) is 0 Å². The number of hydrogen-bond acceptors (Lipinski definition) is 7. The third kappa shape index (κ3) is 6.69. The summed E-state index contributed by atoms with van der Waals surface area (Å²) in [6, 6.07) is 4.99. The number of carbonyl (C=O) groups is 3. The van der Waals surface area contributed by atoms with E-state index < -0.39 is 35.1 Å². The lowest BCUT2D eigenvalue weighted by atomic mass is 10.2. The van der Waals surface area contributed by atoms with E-state index in [4.69, 9.17) is 14.2 Å². The van der Waals surface area contributed by atoms with Gasteiger partial charge in [0.05, 0.1) is 11.0 Å². The van der Waals surface area contributed by atoms with Crippen molar-refractivity contribution in [3.05, 3.63) is 22.7 Å². The topological polar surface area (TPSA) is 100.0 Å². The molecule has 2 amide bonds. The van der Waals surface area contributed by atoms with Gasteiger partial charge in [0.2, 0.25) is 5.95 Å². The molecule has 0 unspecified atom stereocenters. The molecule has 0 aliphatic rings. The van der Waals surface area contributed by atoms with Crippen molar-refractivity contribution in [2.75, 3.05) is 4.90 Å². The number of amides is 2. The van der Waals surface area contributed by atoms with Gasteiger partial charge in [-0.15, -0.1) is 4.90 Å². The Morgan fingerprint density at radius 3 is 1.75 bits per heavy atom. The lowest BCUT2D eigenvalue weighted by Gasteiger charge is -2.28. The van der Waals surface area contributed by atoms with Crippen LogP contribution in [0.1, 0.15) is 62.3 Å². The van der Waals surface area contributed by atoms with Gasteiger partial charge in [-0.2, -0.15) is 0 Å². The highest BCUT2D eigenvalue weighted by Crippen LogP contribution is 2.29. The van der Waals surface area contributed by atoms with Crippen molar-refractivity contribution < 1.29 is 28.6 Å². The van der Waals surface area contributed by atoms with Gasteiger partial charge in [-0.25, -0.2) is 23.9 Å². The minimum atomic E-state index is -1.04. The maximum absolute atomic E-state index is 13.1. The number of imide groups is 1. The Bertz CT molecular complexity index is 1010. The third-order valence-electron chi connectivity index (χ3n) is 3.53. The standard InChI is InChI=1S/C22H30BrN3O6/c1-20(2,3)30-17(27)25-15-11-10-13(23)12-14(15)24-16(25)26(18(28)31-21(4,5)6)19(29)32-22(7,8)9/h10-12H,1-9H3. The summed E-state index contributed by atoms with van der Waals surface area (Å²) in [7, 11) is 0. The maximum atomic E-state index is 13.1. The van der Waals surface area contributed by atoms with Crippen LogP contribution in [0.15, 0.2) is 22.7 Å². The minimum absolute atomic E-state index is 0.296. The largest absolute Gasteiger partial charge is 0.443 e. The van der Waals surface area contributed by atoms with Gasteiger partial charge < -0.3 is 14.2 Å². The number of fused-ring (bicyclic) bond motifs is 1. The molecule has 176 valence electrons. The molecular weight excluding hydrogens is 482 g/mol. The number of nitrogens with zero attached hydrogens (tertiary/aromatic N) is 3. The highest BCUT2D eigenvalue weighted by atomic mass is 79.9. The Kier molecular flexibility index (Phi) is 6.99. The summed E-state index contributed by atoms with van der Waals surface area (Å²) >= 11 is 3.36. The highest BCUT2D eigenvalue weighted by Gasteiger charge is 2.38. The number of aromatic nitrogens is 2. The molecule has 32 heavy (non-hydrogen) atoms. The summed E-state index contributed by atoms with van der Waals surface area (Å²) in [5.41, 5.74) is -1.96. The molecule has 0 radical (unpaired) electrons. The molecule has 0 fully saturated rings. The first-order valence-corrected chi connectivity index (χ1v) is 10.8. The lowest BCUT2D eigenvalue weighted by Crippen LogP contribution is -2.45. The fraction of sp³-hybridized carbons (Fsp3) is 0.545. The van der Waals surface area contributed by atoms with Gasteiger partial charge in [0, 0.05) is 4.47 Å². The molecule has 0 spiro atoms. The third-order valence-corrected chi connectivity index (χ3v) is 4.02. The van der Waals surface area contributed by atoms with Crippen LogP contribution in [-0.4, -0.2) is 44.6 Å². The lowest BCUT2D eigenvalue weighted by molar-refractivity contribution is 0.0424. The zero-order valence-electron chi connectivity index (χ0n) is 19.9. The molecule has 0 N–H and O–H groups in total. The van der Waals surface area contributed by atoms with Gasteiger partial charge in [-0.3, -0.25) is 0 Å². The summed E-state index contributed by atoms with van der Waals surface area (Å²) in [6.45, 7) is 15.1. The van der Waals surface area contributed by atoms with Crippen molar-refractivity contribution in [2.45, 2.75) is 79.1 Å². The molecule has 0 aliphatic carbocycles. The number of halogens is 1. The van der Waals surface area contributed by atoms with Crippen molar-refractivity contribution in [1.82, 2.24) is 9.55 Å². The van der Waals surface area contributed by atoms with Gasteiger partial charge in [-0.05, 0) is 80.5 Å². The first-order valence-electron chi connectivity index (χ1n) is 10.1. The summed E-state index contributed by atoms with van der Waals surface area (Å²) in [5, 5.41) is 0. The monoisotopic (exact) mass is 511 g/mol. The molecule has 1 aromatic carbocycles. The number of hydrogen-bond donors (Lipinski definition) is 0. The zero-order chi connectivity index (χ0) is 24.6. The normalized spacial score (nSPS) is 12.4. The Morgan fingerprint density at radius 1 is 0.844 bits per heavy atom. The minimum Gasteiger partial charge on any atom is -0.443 e. The van der Waals surface area contributed by atoms with Crippen molar-refractivity contribution >= 4 is 51.2 Å². The Labute approximate surface area is 196 Å². The van der Waals surface area contributed by atoms with Gasteiger partial charge >= 0.3 is 18.3 Å². The summed E-state index contributed by atoms with van der Waals surface area (Å²) < 4.78 is 18.1. The first-order chi connectivity index (χ1) is 14.4. The van der Waals surface area contributed by atoms with Crippen LogP contribution >= 0.6 is 15.9 Å². The van der Waals surface area contributed by atoms with E-state index in [1.54, 1.807) is 80.5 Å². The number of rotatable bonds is 1. The molecular formula is C22H30BrN3O6. The van der Waals surface area contributed by atoms with Gasteiger partial charge in [-0.1, -0.05) is 15.9 Å². The van der Waals surface area contributed by atoms with Gasteiger partial charge in [0.15, 0.2) is 0 Å². The van der Waals surface area contributed by atoms with E-state index in [0.717, 1.165) is 4.57 Å². The molecule has 2 rings (SSSR count). The van der Waals surface area contributed by atoms with Crippen LogP contribution in [0.25, 0.3) is 11.0 Å². The number of ether oxygens (including phenoxy) is 3. The first kappa shape index (κ1) is 25.6. The Hall–Kier alpha value is -2.62. The van der Waals surface area contributed by atoms with Crippen molar-refractivity contribution in [1.29, 1.82) is 0 Å². The number of imidazole rings is 1. The SMILES string of the molecule is CC(C)(C)OC(=O)N(C(=O)OC(C)(C)C)c1nc2cc(Br)ccc2n1C(=O)OC(C)(C)C. The average Bonchev–Trinajstić information content (AvgIpc) is 2.87. The fourth-order valence-corrected chi connectivity index (χ4v) is 2.88. The smallest absolute Gasteiger partial charge is 0.427 e. The molecule has 1 heterocycles. The van der Waals surface area contributed by atoms with Crippen molar-refractivity contribution in [2.24, 2.45) is 0 Å². The van der Waals surface area contributed by atoms with Gasteiger partial charge in [0.25, 0.3) is 0 Å². The quantitative estimate of drug-likeness (QED) is 0.416. The molecule has 0 bridgehead atoms. The average molecular weight is 512 g/mol. The van der Waals surface area contributed by atoms with Crippen LogP contribution in [0.4, 0.5) is 20.3 Å². The number of carbonyl (C=O) groups excluding carboxylic acids is 3. The van der Waals surface area contributed by atoms with Crippen LogP contribution in [0, 0.1) is 0 Å². The van der Waals surface area contributed by atoms with E-state index in [2.05, 4.69) is 20.9 Å². The molecule has 0 saturated carbocycles. The summed E-state index contributed by atoms with van der Waals surface area (Å²) in [4.78, 5) is 44.3. The van der Waals surface area contributed by atoms with Crippen LogP contribution in [0.3, 0.4) is 0 Å². The second-order valence-electron chi connectivity index (χ2n) is 10.2. The summed E-state index contributed by atoms with van der Waals surface area (Å²) in [5.74, 6) is -0.296. The molecule has 0 aliphatic heterocycles. The van der Waals surface area contributed by atoms with Crippen LogP contribution in [0.5, 0.6) is 0 Å². The number of anilines is 1. The number of benzene rings is 1. The predicted octanol–water partition coefficient (Wildman–Crippen LogP) is 6.26. The van der Waals surface area contributed by atoms with Crippen LogP contribution < -0.4 is 4.90 Å². The van der Waals surface area contributed by atoms with E-state index in [0.29, 0.717) is 20.4 Å². The zero-order valence-corrected chi connectivity index (χ0v) is 21.5. The summed E-state index contributed by atoms with van der Waals surface area (Å²) in [6.07, 6.45) is -2.88.